The summed E-state index contributed by atoms with van der Waals surface area (Å²) in [6, 6.07) is 1.71. The van der Waals surface area contributed by atoms with Crippen molar-refractivity contribution in [3.8, 4) is 11.4 Å². The summed E-state index contributed by atoms with van der Waals surface area (Å²) < 4.78 is 27.2. The summed E-state index contributed by atoms with van der Waals surface area (Å²) in [6.07, 6.45) is 2.11. The number of esters is 1. The number of alkyl carbamates (subject to hydrolysis) is 1. The van der Waals surface area contributed by atoms with Crippen molar-refractivity contribution < 1.29 is 33.4 Å². The van der Waals surface area contributed by atoms with Gasteiger partial charge >= 0.3 is 12.1 Å². The van der Waals surface area contributed by atoms with Crippen LogP contribution in [0.4, 0.5) is 9.18 Å². The van der Waals surface area contributed by atoms with Crippen LogP contribution in [0, 0.1) is 12.7 Å². The fourth-order valence-corrected chi connectivity index (χ4v) is 7.10. The number of hydrogen-bond acceptors (Lipinski definition) is 9. The highest BCUT2D eigenvalue weighted by Gasteiger charge is 2.46. The number of amides is 2. The molecule has 2 aliphatic heterocycles. The van der Waals surface area contributed by atoms with Gasteiger partial charge in [-0.2, -0.15) is 0 Å². The average molecular weight is 664 g/mol. The maximum atomic E-state index is 15.2. The molecule has 0 radical (unpaired) electrons. The number of unbranched alkanes of at least 4 members (excludes halogenated alkanes) is 1. The monoisotopic (exact) mass is 663 g/mol. The molecule has 3 aromatic rings. The Bertz CT molecular complexity index is 1920. The van der Waals surface area contributed by atoms with Gasteiger partial charge in [0, 0.05) is 29.1 Å². The highest BCUT2D eigenvalue weighted by molar-refractivity contribution is 5.94. The number of benzene rings is 1. The van der Waals surface area contributed by atoms with Gasteiger partial charge < -0.3 is 35.5 Å². The van der Waals surface area contributed by atoms with E-state index in [1.165, 1.54) is 10.6 Å². The Hall–Kier alpha value is -4.36. The largest absolute Gasteiger partial charge is 0.458 e. The molecule has 2 amide bonds. The number of carbonyl (C=O) groups is 3. The molecule has 1 aliphatic carbocycles. The number of carbonyl (C=O) groups excluding carboxylic acids is 3. The molecule has 48 heavy (non-hydrogen) atoms. The van der Waals surface area contributed by atoms with Crippen molar-refractivity contribution in [1.82, 2.24) is 20.2 Å². The minimum Gasteiger partial charge on any atom is -0.458 e. The number of fused-ring (bicyclic) bond motifs is 5. The topological polar surface area (TPSA) is 175 Å². The van der Waals surface area contributed by atoms with Gasteiger partial charge in [0.25, 0.3) is 5.56 Å². The fourth-order valence-electron chi connectivity index (χ4n) is 7.10. The van der Waals surface area contributed by atoms with Gasteiger partial charge in [0.2, 0.25) is 5.91 Å². The number of rotatable bonds is 8. The third kappa shape index (κ3) is 5.72. The smallest absolute Gasteiger partial charge is 0.407 e. The number of hydrogen-bond donors (Lipinski definition) is 4. The van der Waals surface area contributed by atoms with Crippen molar-refractivity contribution in [1.29, 1.82) is 0 Å². The lowest BCUT2D eigenvalue weighted by atomic mass is 9.81. The number of cyclic esters (lactones) is 1. The number of nitrogens with one attached hydrogen (secondary N) is 2. The second kappa shape index (κ2) is 12.3. The predicted molar refractivity (Wildman–Crippen MR) is 174 cm³/mol. The Kier molecular flexibility index (Phi) is 8.57. The number of halogens is 1. The number of aryl methyl sites for hydroxylation is 1. The highest BCUT2D eigenvalue weighted by Crippen LogP contribution is 2.46. The van der Waals surface area contributed by atoms with Crippen LogP contribution in [-0.4, -0.2) is 50.8 Å². The molecule has 13 heteroatoms. The van der Waals surface area contributed by atoms with Gasteiger partial charge in [0.15, 0.2) is 5.60 Å². The van der Waals surface area contributed by atoms with Crippen LogP contribution in [0.3, 0.4) is 0 Å². The van der Waals surface area contributed by atoms with Gasteiger partial charge in [-0.15, -0.1) is 0 Å². The van der Waals surface area contributed by atoms with E-state index in [4.69, 9.17) is 20.2 Å². The van der Waals surface area contributed by atoms with Crippen LogP contribution >= 0.6 is 0 Å². The summed E-state index contributed by atoms with van der Waals surface area (Å²) in [6.45, 7) is 9.01. The molecule has 1 aromatic carbocycles. The van der Waals surface area contributed by atoms with Gasteiger partial charge in [-0.1, -0.05) is 6.92 Å². The molecule has 2 aromatic heterocycles. The molecular formula is C35H42FN5O7. The van der Waals surface area contributed by atoms with Crippen molar-refractivity contribution in [2.75, 3.05) is 6.54 Å². The highest BCUT2D eigenvalue weighted by atomic mass is 19.1. The maximum Gasteiger partial charge on any atom is 0.407 e. The van der Waals surface area contributed by atoms with E-state index in [2.05, 4.69) is 10.6 Å². The molecule has 0 spiro atoms. The van der Waals surface area contributed by atoms with Crippen molar-refractivity contribution in [2.45, 2.75) is 110 Å². The Balaban J connectivity index is 1.30. The molecule has 0 fully saturated rings. The molecule has 0 saturated heterocycles. The Morgan fingerprint density at radius 1 is 1.23 bits per heavy atom. The third-order valence-electron chi connectivity index (χ3n) is 9.64. The van der Waals surface area contributed by atoms with E-state index in [0.29, 0.717) is 66.7 Å². The fraction of sp³-hybridized carbons (Fsp3) is 0.514. The second-order valence-electron chi connectivity index (χ2n) is 13.9. The van der Waals surface area contributed by atoms with Crippen LogP contribution in [0.2, 0.25) is 0 Å². The van der Waals surface area contributed by atoms with Crippen LogP contribution in [0.25, 0.3) is 22.3 Å². The number of ether oxygens (including phenoxy) is 2. The lowest BCUT2D eigenvalue weighted by Crippen LogP contribution is -2.44. The van der Waals surface area contributed by atoms with Gasteiger partial charge in [-0.25, -0.2) is 19.0 Å². The predicted octanol–water partition coefficient (Wildman–Crippen LogP) is 3.65. The minimum atomic E-state index is -1.98. The van der Waals surface area contributed by atoms with E-state index in [0.717, 1.165) is 16.5 Å². The standard InChI is InChI=1S/C35H42FN5O7/c1-6-35(46)21-13-26-29-19(15-41(26)31(43)20(21)16-47-32(35)44)28-24(11-10-18-17(2)22(36)14-25(39-29)27(18)28)40-30(42)23(37)9-7-8-12-38-33(45)48-34(3,4)5/h13-14,23-24,46H,6-12,15-16,37H2,1-5H3,(H,38,45)(H,40,42)/t23-,24-,35-/m0/s1. The number of pyridine rings is 2. The molecule has 0 unspecified atom stereocenters. The first-order valence-corrected chi connectivity index (χ1v) is 16.5. The molecule has 4 heterocycles. The first kappa shape index (κ1) is 33.5. The van der Waals surface area contributed by atoms with E-state index in [9.17, 15) is 24.3 Å². The summed E-state index contributed by atoms with van der Waals surface area (Å²) in [7, 11) is 0. The van der Waals surface area contributed by atoms with Crippen LogP contribution in [0.1, 0.15) is 99.2 Å². The SMILES string of the molecule is CC[C@@]1(O)C(=O)OCc2c1cc1n(c2=O)Cc2c-1nc1cc(F)c(C)c3c1c2[C@@H](NC(=O)[C@@H](N)CCCCNC(=O)OC(C)(C)C)CC3. The normalized spacial score (nSPS) is 20.0. The van der Waals surface area contributed by atoms with E-state index in [1.54, 1.807) is 40.7 Å². The van der Waals surface area contributed by atoms with Crippen molar-refractivity contribution >= 4 is 28.9 Å². The molecule has 12 nitrogen and oxygen atoms in total. The van der Waals surface area contributed by atoms with Crippen LogP contribution in [-0.2, 0) is 44.2 Å². The molecule has 0 bridgehead atoms. The number of nitrogens with zero attached hydrogens (tertiary/aromatic N) is 2. The first-order chi connectivity index (χ1) is 22.6. The van der Waals surface area contributed by atoms with Crippen LogP contribution in [0.5, 0.6) is 0 Å². The Morgan fingerprint density at radius 2 is 1.98 bits per heavy atom. The van der Waals surface area contributed by atoms with E-state index in [-0.39, 0.29) is 36.6 Å². The van der Waals surface area contributed by atoms with E-state index < -0.39 is 46.7 Å². The second-order valence-corrected chi connectivity index (χ2v) is 13.9. The van der Waals surface area contributed by atoms with Gasteiger partial charge in [0.05, 0.1) is 41.1 Å². The van der Waals surface area contributed by atoms with Gasteiger partial charge in [-0.3, -0.25) is 9.59 Å². The lowest BCUT2D eigenvalue weighted by Gasteiger charge is -2.31. The molecule has 6 rings (SSSR count). The summed E-state index contributed by atoms with van der Waals surface area (Å²) in [4.78, 5) is 56.6. The zero-order valence-corrected chi connectivity index (χ0v) is 27.9. The lowest BCUT2D eigenvalue weighted by molar-refractivity contribution is -0.172. The van der Waals surface area contributed by atoms with Gasteiger partial charge in [0.1, 0.15) is 18.0 Å². The van der Waals surface area contributed by atoms with E-state index in [1.807, 2.05) is 0 Å². The Labute approximate surface area is 277 Å². The van der Waals surface area contributed by atoms with Crippen molar-refractivity contribution in [3.05, 3.63) is 61.7 Å². The first-order valence-electron chi connectivity index (χ1n) is 16.5. The maximum absolute atomic E-state index is 15.2. The quantitative estimate of drug-likeness (QED) is 0.162. The Morgan fingerprint density at radius 3 is 2.69 bits per heavy atom. The van der Waals surface area contributed by atoms with Crippen LogP contribution in [0.15, 0.2) is 16.9 Å². The summed E-state index contributed by atoms with van der Waals surface area (Å²) >= 11 is 0. The minimum absolute atomic E-state index is 0.00739. The molecule has 0 saturated carbocycles. The molecule has 5 N–H and O–H groups in total. The van der Waals surface area contributed by atoms with Crippen LogP contribution < -0.4 is 21.9 Å². The molecule has 256 valence electrons. The number of nitrogens with two attached hydrogens (primary N) is 1. The number of aromatic nitrogens is 2. The summed E-state index contributed by atoms with van der Waals surface area (Å²) in [5, 5.41) is 17.8. The molecule has 3 atom stereocenters. The third-order valence-corrected chi connectivity index (χ3v) is 9.64. The number of aliphatic hydroxyl groups is 1. The molecule has 3 aliphatic rings. The summed E-state index contributed by atoms with van der Waals surface area (Å²) in [5.41, 5.74) is 7.78. The summed E-state index contributed by atoms with van der Waals surface area (Å²) in [5.74, 6) is -1.55. The zero-order chi connectivity index (χ0) is 34.7. The molecular weight excluding hydrogens is 621 g/mol. The zero-order valence-electron chi connectivity index (χ0n) is 27.9. The van der Waals surface area contributed by atoms with E-state index >= 15 is 4.39 Å². The van der Waals surface area contributed by atoms with Crippen molar-refractivity contribution in [2.24, 2.45) is 5.73 Å². The average Bonchev–Trinajstić information content (AvgIpc) is 3.39. The van der Waals surface area contributed by atoms with Gasteiger partial charge in [-0.05, 0) is 89.0 Å². The van der Waals surface area contributed by atoms with Crippen molar-refractivity contribution in [3.63, 3.8) is 0 Å².